The molecule has 4 aromatic rings. The number of benzene rings is 2. The smallest absolute Gasteiger partial charge is 0.330 e. The minimum atomic E-state index is -0.257. The maximum absolute atomic E-state index is 13.9. The molecule has 0 radical (unpaired) electrons. The lowest BCUT2D eigenvalue weighted by molar-refractivity contribution is -0.111. The molecule has 2 aromatic carbocycles. The van der Waals surface area contributed by atoms with Crippen molar-refractivity contribution in [1.82, 2.24) is 24.9 Å². The third-order valence-corrected chi connectivity index (χ3v) is 5.89. The van der Waals surface area contributed by atoms with E-state index in [0.717, 1.165) is 11.1 Å². The van der Waals surface area contributed by atoms with Crippen molar-refractivity contribution in [2.45, 2.75) is 13.1 Å². The largest absolute Gasteiger partial charge is 0.363 e. The van der Waals surface area contributed by atoms with Crippen LogP contribution in [-0.2, 0) is 17.9 Å². The number of nitrogens with one attached hydrogen (secondary N) is 2. The second-order valence-corrected chi connectivity index (χ2v) is 9.24. The van der Waals surface area contributed by atoms with E-state index in [0.29, 0.717) is 48.5 Å². The molecular formula is C28H28N8O3. The van der Waals surface area contributed by atoms with Crippen molar-refractivity contribution in [2.75, 3.05) is 36.2 Å². The van der Waals surface area contributed by atoms with Gasteiger partial charge in [0.25, 0.3) is 0 Å². The summed E-state index contributed by atoms with van der Waals surface area (Å²) in [6.07, 6.45) is 7.92. The number of carbonyl (C=O) groups excluding carboxylic acids is 2. The van der Waals surface area contributed by atoms with Gasteiger partial charge in [0.15, 0.2) is 5.82 Å². The van der Waals surface area contributed by atoms with Gasteiger partial charge in [0, 0.05) is 36.6 Å². The summed E-state index contributed by atoms with van der Waals surface area (Å²) in [6, 6.07) is 16.7. The molecule has 0 aliphatic carbocycles. The Morgan fingerprint density at radius 3 is 2.72 bits per heavy atom. The normalized spacial score (nSPS) is 13.2. The van der Waals surface area contributed by atoms with Crippen LogP contribution in [0, 0.1) is 0 Å². The van der Waals surface area contributed by atoms with Crippen LogP contribution in [-0.4, -0.2) is 57.5 Å². The van der Waals surface area contributed by atoms with Crippen LogP contribution < -0.4 is 15.5 Å². The van der Waals surface area contributed by atoms with E-state index in [1.807, 2.05) is 49.3 Å². The number of urea groups is 1. The molecule has 0 bridgehead atoms. The lowest BCUT2D eigenvalue weighted by Crippen LogP contribution is -2.45. The molecule has 198 valence electrons. The second-order valence-electron chi connectivity index (χ2n) is 9.24. The van der Waals surface area contributed by atoms with Gasteiger partial charge in [-0.3, -0.25) is 4.79 Å². The van der Waals surface area contributed by atoms with Crippen molar-refractivity contribution >= 4 is 40.8 Å². The number of aromatic nitrogens is 3. The second kappa shape index (κ2) is 11.6. The molecule has 11 nitrogen and oxygen atoms in total. The Kier molecular flexibility index (Phi) is 7.60. The molecule has 2 N–H and O–H groups in total. The van der Waals surface area contributed by atoms with E-state index >= 15 is 0 Å². The molecule has 0 atom stereocenters. The summed E-state index contributed by atoms with van der Waals surface area (Å²) in [7, 11) is 3.85. The number of hydrogen-bond acceptors (Lipinski definition) is 8. The van der Waals surface area contributed by atoms with E-state index in [1.54, 1.807) is 46.3 Å². The van der Waals surface area contributed by atoms with Gasteiger partial charge < -0.3 is 25.0 Å². The lowest BCUT2D eigenvalue weighted by atomic mass is 10.1. The van der Waals surface area contributed by atoms with Gasteiger partial charge >= 0.3 is 6.03 Å². The summed E-state index contributed by atoms with van der Waals surface area (Å²) in [4.78, 5) is 40.7. The summed E-state index contributed by atoms with van der Waals surface area (Å²) in [5.74, 6) is 0.488. The van der Waals surface area contributed by atoms with Gasteiger partial charge in [-0.2, -0.15) is 4.98 Å². The van der Waals surface area contributed by atoms with Crippen LogP contribution in [0.2, 0.25) is 0 Å². The highest BCUT2D eigenvalue weighted by atomic mass is 16.5. The molecule has 3 amide bonds. The van der Waals surface area contributed by atoms with Crippen molar-refractivity contribution in [1.29, 1.82) is 0 Å². The number of rotatable bonds is 9. The third-order valence-electron chi connectivity index (χ3n) is 5.89. The van der Waals surface area contributed by atoms with Gasteiger partial charge in [0.1, 0.15) is 12.0 Å². The number of anilines is 5. The molecule has 1 aliphatic heterocycles. The molecule has 1 aliphatic rings. The number of hydrogen-bond donors (Lipinski definition) is 2. The van der Waals surface area contributed by atoms with E-state index in [-0.39, 0.29) is 11.9 Å². The lowest BCUT2D eigenvalue weighted by Gasteiger charge is -2.36. The van der Waals surface area contributed by atoms with Crippen LogP contribution in [0.1, 0.15) is 11.1 Å². The minimum Gasteiger partial charge on any atom is -0.363 e. The SMILES string of the molecule is CN(C)C/C=C/C(=O)Nc1cccc(N2C(=O)N(Cc3ccccc3)Cc3cnc(Nc4cnoc4)nc32)c1. The number of fused-ring (bicyclic) bond motifs is 1. The molecule has 0 unspecified atom stereocenters. The summed E-state index contributed by atoms with van der Waals surface area (Å²) in [5, 5.41) is 9.59. The Bertz CT molecular complexity index is 1470. The predicted octanol–water partition coefficient (Wildman–Crippen LogP) is 4.54. The minimum absolute atomic E-state index is 0.240. The first-order valence-electron chi connectivity index (χ1n) is 12.3. The van der Waals surface area contributed by atoms with E-state index in [9.17, 15) is 9.59 Å². The maximum Gasteiger partial charge on any atom is 0.330 e. The zero-order valence-electron chi connectivity index (χ0n) is 21.6. The molecule has 2 aromatic heterocycles. The Labute approximate surface area is 225 Å². The fourth-order valence-electron chi connectivity index (χ4n) is 4.10. The highest BCUT2D eigenvalue weighted by Crippen LogP contribution is 2.35. The monoisotopic (exact) mass is 524 g/mol. The molecule has 11 heteroatoms. The fraction of sp³-hybridized carbons (Fsp3) is 0.179. The molecular weight excluding hydrogens is 496 g/mol. The van der Waals surface area contributed by atoms with Gasteiger partial charge in [0.05, 0.1) is 18.4 Å². The first-order chi connectivity index (χ1) is 19.0. The van der Waals surface area contributed by atoms with E-state index < -0.39 is 0 Å². The first-order valence-corrected chi connectivity index (χ1v) is 12.3. The van der Waals surface area contributed by atoms with Crippen LogP contribution in [0.15, 0.2) is 89.9 Å². The van der Waals surface area contributed by atoms with Crippen molar-refractivity contribution < 1.29 is 14.1 Å². The third kappa shape index (κ3) is 6.28. The highest BCUT2D eigenvalue weighted by molar-refractivity contribution is 6.03. The van der Waals surface area contributed by atoms with Crippen molar-refractivity contribution in [3.63, 3.8) is 0 Å². The van der Waals surface area contributed by atoms with Crippen LogP contribution in [0.4, 0.5) is 33.6 Å². The Morgan fingerprint density at radius 2 is 1.95 bits per heavy atom. The van der Waals surface area contributed by atoms with Crippen molar-refractivity contribution in [3.8, 4) is 0 Å². The summed E-state index contributed by atoms with van der Waals surface area (Å²) in [6.45, 7) is 1.42. The van der Waals surface area contributed by atoms with Crippen LogP contribution in [0.25, 0.3) is 0 Å². The van der Waals surface area contributed by atoms with Gasteiger partial charge in [-0.15, -0.1) is 0 Å². The molecule has 5 rings (SSSR count). The quantitative estimate of drug-likeness (QED) is 0.306. The molecule has 0 saturated carbocycles. The van der Waals surface area contributed by atoms with Crippen molar-refractivity contribution in [2.24, 2.45) is 0 Å². The molecule has 0 fully saturated rings. The van der Waals surface area contributed by atoms with Gasteiger partial charge in [-0.1, -0.05) is 47.6 Å². The molecule has 0 spiro atoms. The summed E-state index contributed by atoms with van der Waals surface area (Å²) < 4.78 is 4.88. The fourth-order valence-corrected chi connectivity index (χ4v) is 4.10. The molecule has 0 saturated heterocycles. The Morgan fingerprint density at radius 1 is 1.10 bits per heavy atom. The first kappa shape index (κ1) is 25.6. The average Bonchev–Trinajstić information content (AvgIpc) is 3.43. The Balaban J connectivity index is 1.47. The van der Waals surface area contributed by atoms with E-state index in [4.69, 9.17) is 4.52 Å². The van der Waals surface area contributed by atoms with Gasteiger partial charge in [-0.05, 0) is 37.9 Å². The summed E-state index contributed by atoms with van der Waals surface area (Å²) in [5.41, 5.74) is 3.48. The molecule has 39 heavy (non-hydrogen) atoms. The zero-order valence-corrected chi connectivity index (χ0v) is 21.6. The number of likely N-dealkylation sites (N-methyl/N-ethyl adjacent to an activating group) is 1. The Hall–Kier alpha value is -5.03. The standard InChI is InChI=1S/C28H28N8O3/c1-34(2)13-7-12-25(37)31-22-10-6-11-24(14-22)36-26-21(15-29-27(33-26)32-23-16-30-39-19-23)18-35(28(36)38)17-20-8-4-3-5-9-20/h3-12,14-16,19H,13,17-18H2,1-2H3,(H,31,37)(H,29,32,33)/b12-7+. The topological polar surface area (TPSA) is 120 Å². The highest BCUT2D eigenvalue weighted by Gasteiger charge is 2.33. The summed E-state index contributed by atoms with van der Waals surface area (Å²) >= 11 is 0. The van der Waals surface area contributed by atoms with Crippen molar-refractivity contribution in [3.05, 3.63) is 96.5 Å². The number of carbonyl (C=O) groups is 2. The number of amides is 3. The maximum atomic E-state index is 13.9. The molecule has 3 heterocycles. The van der Waals surface area contributed by atoms with Gasteiger partial charge in [0.2, 0.25) is 11.9 Å². The van der Waals surface area contributed by atoms with Crippen LogP contribution in [0.3, 0.4) is 0 Å². The zero-order chi connectivity index (χ0) is 27.2. The average molecular weight is 525 g/mol. The number of nitrogens with zero attached hydrogens (tertiary/aromatic N) is 6. The van der Waals surface area contributed by atoms with Crippen LogP contribution in [0.5, 0.6) is 0 Å². The van der Waals surface area contributed by atoms with Gasteiger partial charge in [-0.25, -0.2) is 14.7 Å². The van der Waals surface area contributed by atoms with E-state index in [1.165, 1.54) is 18.5 Å². The van der Waals surface area contributed by atoms with Crippen LogP contribution >= 0.6 is 0 Å². The predicted molar refractivity (Wildman–Crippen MR) is 148 cm³/mol. The van der Waals surface area contributed by atoms with E-state index in [2.05, 4.69) is 25.8 Å².